The third kappa shape index (κ3) is 3.76. The Balaban J connectivity index is 2.08. The smallest absolute Gasteiger partial charge is 0.271 e. The first-order valence-corrected chi connectivity index (χ1v) is 9.61. The van der Waals surface area contributed by atoms with Crippen molar-refractivity contribution in [3.8, 4) is 17.7 Å². The predicted octanol–water partition coefficient (Wildman–Crippen LogP) is 4.65. The van der Waals surface area contributed by atoms with Crippen LogP contribution in [0.15, 0.2) is 28.0 Å². The van der Waals surface area contributed by atoms with Crippen molar-refractivity contribution in [3.05, 3.63) is 50.3 Å². The molecule has 7 heteroatoms. The third-order valence-electron chi connectivity index (χ3n) is 5.21. The molecule has 1 heterocycles. The molecule has 0 amide bonds. The summed E-state index contributed by atoms with van der Waals surface area (Å²) in [5, 5.41) is 20.8. The Morgan fingerprint density at radius 2 is 2.07 bits per heavy atom. The number of aromatic hydroxyl groups is 1. The van der Waals surface area contributed by atoms with Crippen LogP contribution in [-0.4, -0.2) is 23.0 Å². The minimum atomic E-state index is -0.436. The molecule has 0 unspecified atom stereocenters. The number of rotatable bonds is 4. The van der Waals surface area contributed by atoms with Gasteiger partial charge in [-0.05, 0) is 43.5 Å². The highest BCUT2D eigenvalue weighted by Crippen LogP contribution is 2.33. The van der Waals surface area contributed by atoms with E-state index < -0.39 is 5.56 Å². The van der Waals surface area contributed by atoms with Gasteiger partial charge in [-0.15, -0.1) is 0 Å². The number of aliphatic imine (C=N–C) groups is 1. The Kier molecular flexibility index (Phi) is 6.05. The van der Waals surface area contributed by atoms with E-state index in [0.29, 0.717) is 27.6 Å². The molecule has 1 aliphatic carbocycles. The minimum absolute atomic E-state index is 0.0394. The van der Waals surface area contributed by atoms with Gasteiger partial charge in [-0.2, -0.15) is 5.26 Å². The Labute approximate surface area is 168 Å². The number of nitrogens with zero attached hydrogens (tertiary/aromatic N) is 3. The van der Waals surface area contributed by atoms with Gasteiger partial charge < -0.3 is 9.84 Å². The number of hydrogen-bond donors (Lipinski definition) is 1. The molecule has 6 nitrogen and oxygen atoms in total. The van der Waals surface area contributed by atoms with Gasteiger partial charge in [-0.3, -0.25) is 14.4 Å². The average Bonchev–Trinajstić information content (AvgIpc) is 2.69. The van der Waals surface area contributed by atoms with Crippen molar-refractivity contribution in [2.75, 3.05) is 7.11 Å². The van der Waals surface area contributed by atoms with E-state index in [9.17, 15) is 15.2 Å². The van der Waals surface area contributed by atoms with Crippen LogP contribution in [0.1, 0.15) is 54.8 Å². The fraction of sp³-hybridized carbons (Fsp3) is 0.381. The first kappa shape index (κ1) is 20.0. The molecule has 3 rings (SSSR count). The molecule has 0 atom stereocenters. The summed E-state index contributed by atoms with van der Waals surface area (Å²) in [5.41, 5.74) is 0.958. The van der Waals surface area contributed by atoms with Gasteiger partial charge >= 0.3 is 0 Å². The summed E-state index contributed by atoms with van der Waals surface area (Å²) in [5.74, 6) is 0.397. The van der Waals surface area contributed by atoms with Crippen molar-refractivity contribution in [3.63, 3.8) is 0 Å². The highest BCUT2D eigenvalue weighted by molar-refractivity contribution is 6.32. The zero-order valence-corrected chi connectivity index (χ0v) is 16.7. The average molecular weight is 400 g/mol. The predicted molar refractivity (Wildman–Crippen MR) is 109 cm³/mol. The SMILES string of the molecule is COc1ccc(N=Cc2c(C)c(C#N)c(=O)n(C3CCCCC3)c2O)cc1Cl. The van der Waals surface area contributed by atoms with Gasteiger partial charge in [0.05, 0.1) is 23.4 Å². The van der Waals surface area contributed by atoms with Crippen LogP contribution in [0.2, 0.25) is 5.02 Å². The van der Waals surface area contributed by atoms with Crippen molar-refractivity contribution in [1.82, 2.24) is 4.57 Å². The molecule has 1 aliphatic rings. The van der Waals surface area contributed by atoms with E-state index in [2.05, 4.69) is 4.99 Å². The lowest BCUT2D eigenvalue weighted by atomic mass is 9.94. The summed E-state index contributed by atoms with van der Waals surface area (Å²) in [7, 11) is 1.53. The van der Waals surface area contributed by atoms with Gasteiger partial charge in [0.15, 0.2) is 0 Å². The van der Waals surface area contributed by atoms with Crippen LogP contribution in [0.25, 0.3) is 0 Å². The molecule has 1 aromatic heterocycles. The van der Waals surface area contributed by atoms with Crippen LogP contribution in [0.3, 0.4) is 0 Å². The molecule has 0 radical (unpaired) electrons. The molecule has 1 saturated carbocycles. The van der Waals surface area contributed by atoms with Crippen LogP contribution in [0.5, 0.6) is 11.6 Å². The van der Waals surface area contributed by atoms with Gasteiger partial charge in [-0.25, -0.2) is 0 Å². The maximum atomic E-state index is 12.8. The second-order valence-corrected chi connectivity index (χ2v) is 7.30. The Morgan fingerprint density at radius 1 is 1.36 bits per heavy atom. The van der Waals surface area contributed by atoms with Crippen molar-refractivity contribution in [2.24, 2.45) is 4.99 Å². The molecule has 0 spiro atoms. The molecule has 146 valence electrons. The molecule has 2 aromatic rings. The summed E-state index contributed by atoms with van der Waals surface area (Å²) in [6.07, 6.45) is 6.22. The topological polar surface area (TPSA) is 87.6 Å². The quantitative estimate of drug-likeness (QED) is 0.758. The van der Waals surface area contributed by atoms with Crippen LogP contribution in [0, 0.1) is 18.3 Å². The maximum Gasteiger partial charge on any atom is 0.271 e. The van der Waals surface area contributed by atoms with E-state index in [-0.39, 0.29) is 17.5 Å². The standard InChI is InChI=1S/C21H22ClN3O3/c1-13-16(11-23)20(26)25(15-6-4-3-5-7-15)21(27)17(13)12-24-14-8-9-19(28-2)18(22)10-14/h8-10,12,15,27H,3-7H2,1-2H3. The van der Waals surface area contributed by atoms with E-state index in [4.69, 9.17) is 16.3 Å². The number of ether oxygens (including phenoxy) is 1. The highest BCUT2D eigenvalue weighted by Gasteiger charge is 2.24. The monoisotopic (exact) mass is 399 g/mol. The second kappa shape index (κ2) is 8.49. The fourth-order valence-electron chi connectivity index (χ4n) is 3.65. The number of halogens is 1. The lowest BCUT2D eigenvalue weighted by Gasteiger charge is -2.26. The summed E-state index contributed by atoms with van der Waals surface area (Å²) in [6.45, 7) is 1.65. The van der Waals surface area contributed by atoms with Gasteiger partial charge in [0, 0.05) is 12.3 Å². The number of hydrogen-bond acceptors (Lipinski definition) is 5. The molecule has 1 fully saturated rings. The third-order valence-corrected chi connectivity index (χ3v) is 5.51. The summed E-state index contributed by atoms with van der Waals surface area (Å²) in [6, 6.07) is 6.97. The van der Waals surface area contributed by atoms with Gasteiger partial charge in [-0.1, -0.05) is 30.9 Å². The van der Waals surface area contributed by atoms with Crippen LogP contribution in [-0.2, 0) is 0 Å². The van der Waals surface area contributed by atoms with Crippen molar-refractivity contribution in [2.45, 2.75) is 45.1 Å². The molecular weight excluding hydrogens is 378 g/mol. The summed E-state index contributed by atoms with van der Waals surface area (Å²) < 4.78 is 6.50. The first-order chi connectivity index (χ1) is 13.5. The van der Waals surface area contributed by atoms with E-state index >= 15 is 0 Å². The van der Waals surface area contributed by atoms with Crippen molar-refractivity contribution in [1.29, 1.82) is 5.26 Å². The second-order valence-electron chi connectivity index (χ2n) is 6.89. The molecule has 0 saturated heterocycles. The fourth-order valence-corrected chi connectivity index (χ4v) is 3.90. The Morgan fingerprint density at radius 3 is 2.68 bits per heavy atom. The summed E-state index contributed by atoms with van der Waals surface area (Å²) in [4.78, 5) is 17.2. The molecular formula is C21H22ClN3O3. The van der Waals surface area contributed by atoms with Crippen molar-refractivity contribution >= 4 is 23.5 Å². The summed E-state index contributed by atoms with van der Waals surface area (Å²) >= 11 is 6.13. The Hall–Kier alpha value is -2.78. The Bertz CT molecular complexity index is 1020. The molecule has 1 N–H and O–H groups in total. The number of nitriles is 1. The zero-order valence-electron chi connectivity index (χ0n) is 15.9. The largest absolute Gasteiger partial charge is 0.495 e. The van der Waals surface area contributed by atoms with E-state index in [1.54, 1.807) is 25.1 Å². The molecule has 0 bridgehead atoms. The van der Waals surface area contributed by atoms with Gasteiger partial charge in [0.1, 0.15) is 17.4 Å². The number of pyridine rings is 1. The highest BCUT2D eigenvalue weighted by atomic mass is 35.5. The lowest BCUT2D eigenvalue weighted by molar-refractivity contribution is 0.303. The minimum Gasteiger partial charge on any atom is -0.495 e. The van der Waals surface area contributed by atoms with Crippen LogP contribution >= 0.6 is 11.6 Å². The van der Waals surface area contributed by atoms with Gasteiger partial charge in [0.25, 0.3) is 5.56 Å². The van der Waals surface area contributed by atoms with Crippen LogP contribution in [0.4, 0.5) is 5.69 Å². The lowest BCUT2D eigenvalue weighted by Crippen LogP contribution is -2.30. The molecule has 28 heavy (non-hydrogen) atoms. The number of aromatic nitrogens is 1. The van der Waals surface area contributed by atoms with Gasteiger partial charge in [0.2, 0.25) is 5.88 Å². The zero-order chi connectivity index (χ0) is 20.3. The normalized spacial score (nSPS) is 14.9. The number of benzene rings is 1. The van der Waals surface area contributed by atoms with E-state index in [1.165, 1.54) is 17.9 Å². The van der Waals surface area contributed by atoms with Crippen LogP contribution < -0.4 is 10.3 Å². The van der Waals surface area contributed by atoms with E-state index in [1.807, 2.05) is 6.07 Å². The van der Waals surface area contributed by atoms with E-state index in [0.717, 1.165) is 32.1 Å². The van der Waals surface area contributed by atoms with Crippen molar-refractivity contribution < 1.29 is 9.84 Å². The molecule has 1 aromatic carbocycles. The number of methoxy groups -OCH3 is 1. The molecule has 0 aliphatic heterocycles. The first-order valence-electron chi connectivity index (χ1n) is 9.23. The maximum absolute atomic E-state index is 12.8.